The van der Waals surface area contributed by atoms with E-state index < -0.39 is 21.7 Å². The first-order valence-electron chi connectivity index (χ1n) is 12.2. The number of aromatic nitrogens is 1. The molecule has 2 heterocycles. The minimum atomic E-state index is -3.74. The van der Waals surface area contributed by atoms with Gasteiger partial charge in [0.25, 0.3) is 0 Å². The van der Waals surface area contributed by atoms with Crippen molar-refractivity contribution in [3.63, 3.8) is 0 Å². The molecular weight excluding hydrogens is 528 g/mol. The first kappa shape index (κ1) is 25.2. The Morgan fingerprint density at radius 2 is 1.72 bits per heavy atom. The van der Waals surface area contributed by atoms with Crippen LogP contribution in [0.2, 0.25) is 0 Å². The van der Waals surface area contributed by atoms with Crippen molar-refractivity contribution in [1.82, 2.24) is 9.71 Å². The van der Waals surface area contributed by atoms with E-state index in [1.807, 2.05) is 24.3 Å². The number of anilines is 1. The minimum Gasteiger partial charge on any atom is -0.395 e. The van der Waals surface area contributed by atoms with E-state index in [-0.39, 0.29) is 22.3 Å². The minimum absolute atomic E-state index is 0.0790. The number of pyridine rings is 1. The van der Waals surface area contributed by atoms with E-state index in [2.05, 4.69) is 19.5 Å². The number of sulfonamides is 1. The van der Waals surface area contributed by atoms with Gasteiger partial charge in [0.1, 0.15) is 5.82 Å². The van der Waals surface area contributed by atoms with Crippen molar-refractivity contribution in [2.24, 2.45) is 0 Å². The van der Waals surface area contributed by atoms with Gasteiger partial charge < -0.3 is 14.8 Å². The van der Waals surface area contributed by atoms with Crippen LogP contribution in [0.1, 0.15) is 24.0 Å². The molecule has 1 aliphatic heterocycles. The molecule has 4 aromatic rings. The Bertz CT molecular complexity index is 1770. The highest BCUT2D eigenvalue weighted by Gasteiger charge is 2.53. The van der Waals surface area contributed by atoms with Crippen molar-refractivity contribution < 1.29 is 31.5 Å². The van der Waals surface area contributed by atoms with Gasteiger partial charge in [-0.3, -0.25) is 4.79 Å². The Hall–Kier alpha value is -4.09. The molecule has 1 aromatic heterocycles. The maximum absolute atomic E-state index is 13.5. The summed E-state index contributed by atoms with van der Waals surface area (Å²) in [6, 6.07) is 18.5. The van der Waals surface area contributed by atoms with Gasteiger partial charge in [-0.15, -0.1) is 8.78 Å². The molecule has 1 fully saturated rings. The Kier molecular flexibility index (Phi) is 5.63. The summed E-state index contributed by atoms with van der Waals surface area (Å²) in [5.41, 5.74) is 1.66. The third-order valence-corrected chi connectivity index (χ3v) is 8.56. The van der Waals surface area contributed by atoms with Crippen LogP contribution in [0, 0.1) is 6.92 Å². The second-order valence-corrected chi connectivity index (χ2v) is 11.5. The van der Waals surface area contributed by atoms with Crippen LogP contribution in [0.15, 0.2) is 71.6 Å². The van der Waals surface area contributed by atoms with E-state index in [9.17, 15) is 22.0 Å². The lowest BCUT2D eigenvalue weighted by molar-refractivity contribution is -0.286. The summed E-state index contributed by atoms with van der Waals surface area (Å²) in [5, 5.41) is 4.58. The second kappa shape index (κ2) is 8.72. The third kappa shape index (κ3) is 4.37. The fourth-order valence-corrected chi connectivity index (χ4v) is 5.72. The molecule has 200 valence electrons. The lowest BCUT2D eigenvalue weighted by Crippen LogP contribution is -2.28. The van der Waals surface area contributed by atoms with Gasteiger partial charge in [-0.05, 0) is 73.7 Å². The highest BCUT2D eigenvalue weighted by Crippen LogP contribution is 2.52. The highest BCUT2D eigenvalue weighted by atomic mass is 32.2. The van der Waals surface area contributed by atoms with Crippen LogP contribution in [0.5, 0.6) is 11.5 Å². The molecule has 0 radical (unpaired) electrons. The smallest absolute Gasteiger partial charge is 0.395 e. The van der Waals surface area contributed by atoms with Gasteiger partial charge in [-0.1, -0.05) is 36.4 Å². The molecular formula is C28H23F2N3O5S. The zero-order valence-corrected chi connectivity index (χ0v) is 21.7. The number of nitrogens with zero attached hydrogens (tertiary/aromatic N) is 1. The van der Waals surface area contributed by atoms with Crippen LogP contribution >= 0.6 is 0 Å². The molecule has 3 aromatic carbocycles. The molecule has 0 spiro atoms. The van der Waals surface area contributed by atoms with E-state index >= 15 is 0 Å². The summed E-state index contributed by atoms with van der Waals surface area (Å²) >= 11 is 0. The topological polar surface area (TPSA) is 107 Å². The summed E-state index contributed by atoms with van der Waals surface area (Å²) < 4.78 is 62.9. The van der Waals surface area contributed by atoms with Gasteiger partial charge in [-0.25, -0.2) is 18.1 Å². The molecule has 0 saturated heterocycles. The molecule has 39 heavy (non-hydrogen) atoms. The molecule has 2 N–H and O–H groups in total. The van der Waals surface area contributed by atoms with Crippen molar-refractivity contribution in [2.75, 3.05) is 12.4 Å². The SMILES string of the molecule is CNS(=O)(=O)c1ccc(-c2nc(NC(=O)C3(c4ccc5c(c4)OC(F)(F)O5)CC3)cc3ccccc23)c(C)c1. The van der Waals surface area contributed by atoms with Gasteiger partial charge in [0.2, 0.25) is 15.9 Å². The lowest BCUT2D eigenvalue weighted by Gasteiger charge is -2.17. The first-order valence-corrected chi connectivity index (χ1v) is 13.7. The van der Waals surface area contributed by atoms with Crippen LogP contribution < -0.4 is 19.5 Å². The number of hydrogen-bond donors (Lipinski definition) is 2. The standard InChI is InChI=1S/C28H23F2N3O5S/c1-16-13-19(39(35,36)31-2)8-9-20(16)25-21-6-4-3-5-17(21)14-24(32-25)33-26(34)27(11-12-27)18-7-10-22-23(15-18)38-28(29,30)37-22/h3-10,13-15,31H,11-12H2,1-2H3,(H,32,33,34). The molecule has 8 nitrogen and oxygen atoms in total. The fourth-order valence-electron chi connectivity index (χ4n) is 4.91. The Morgan fingerprint density at radius 3 is 2.44 bits per heavy atom. The summed E-state index contributed by atoms with van der Waals surface area (Å²) in [5.74, 6) is -0.181. The second-order valence-electron chi connectivity index (χ2n) is 9.63. The fraction of sp³-hybridized carbons (Fsp3) is 0.214. The summed E-state index contributed by atoms with van der Waals surface area (Å²) in [7, 11) is -2.27. The Balaban J connectivity index is 1.36. The maximum Gasteiger partial charge on any atom is 0.586 e. The van der Waals surface area contributed by atoms with E-state index in [0.717, 1.165) is 16.3 Å². The average molecular weight is 552 g/mol. The van der Waals surface area contributed by atoms with Crippen LogP contribution in [0.4, 0.5) is 14.6 Å². The van der Waals surface area contributed by atoms with E-state index in [4.69, 9.17) is 4.98 Å². The Morgan fingerprint density at radius 1 is 0.974 bits per heavy atom. The largest absolute Gasteiger partial charge is 0.586 e. The molecule has 1 amide bonds. The highest BCUT2D eigenvalue weighted by molar-refractivity contribution is 7.89. The summed E-state index contributed by atoms with van der Waals surface area (Å²) in [4.78, 5) is 18.4. The molecule has 1 aliphatic carbocycles. The molecule has 0 bridgehead atoms. The van der Waals surface area contributed by atoms with Crippen molar-refractivity contribution >= 4 is 32.5 Å². The maximum atomic E-state index is 13.5. The van der Waals surface area contributed by atoms with Gasteiger partial charge in [0, 0.05) is 10.9 Å². The first-order chi connectivity index (χ1) is 18.5. The van der Waals surface area contributed by atoms with Crippen molar-refractivity contribution in [1.29, 1.82) is 0 Å². The molecule has 2 aliphatic rings. The van der Waals surface area contributed by atoms with Gasteiger partial charge in [0.05, 0.1) is 16.0 Å². The quantitative estimate of drug-likeness (QED) is 0.345. The summed E-state index contributed by atoms with van der Waals surface area (Å²) in [6.07, 6.45) is -2.66. The van der Waals surface area contributed by atoms with Gasteiger partial charge >= 0.3 is 6.29 Å². The number of alkyl halides is 2. The predicted octanol–water partition coefficient (Wildman–Crippen LogP) is 5.11. The molecule has 6 rings (SSSR count). The predicted molar refractivity (Wildman–Crippen MR) is 140 cm³/mol. The Labute approximate surface area is 223 Å². The molecule has 0 atom stereocenters. The van der Waals surface area contributed by atoms with Crippen molar-refractivity contribution in [3.05, 3.63) is 77.9 Å². The summed E-state index contributed by atoms with van der Waals surface area (Å²) in [6.45, 7) is 1.80. The normalized spacial score (nSPS) is 16.7. The van der Waals surface area contributed by atoms with Gasteiger partial charge in [-0.2, -0.15) is 0 Å². The van der Waals surface area contributed by atoms with E-state index in [0.29, 0.717) is 35.5 Å². The van der Waals surface area contributed by atoms with Crippen LogP contribution in [-0.4, -0.2) is 32.7 Å². The van der Waals surface area contributed by atoms with Crippen LogP contribution in [-0.2, 0) is 20.2 Å². The van der Waals surface area contributed by atoms with Crippen molar-refractivity contribution in [3.8, 4) is 22.8 Å². The van der Waals surface area contributed by atoms with Gasteiger partial charge in [0.15, 0.2) is 11.5 Å². The zero-order chi connectivity index (χ0) is 27.6. The average Bonchev–Trinajstić information content (AvgIpc) is 3.65. The monoisotopic (exact) mass is 551 g/mol. The number of carbonyl (C=O) groups excluding carboxylic acids is 1. The third-order valence-electron chi connectivity index (χ3n) is 7.15. The van der Waals surface area contributed by atoms with Crippen molar-refractivity contribution in [2.45, 2.75) is 36.4 Å². The van der Waals surface area contributed by atoms with Crippen LogP contribution in [0.25, 0.3) is 22.0 Å². The number of rotatable bonds is 6. The number of halogens is 2. The molecule has 0 unspecified atom stereocenters. The number of nitrogens with one attached hydrogen (secondary N) is 2. The number of benzene rings is 3. The lowest BCUT2D eigenvalue weighted by atomic mass is 9.94. The number of amides is 1. The number of fused-ring (bicyclic) bond motifs is 2. The van der Waals surface area contributed by atoms with E-state index in [1.165, 1.54) is 25.2 Å². The molecule has 1 saturated carbocycles. The number of hydrogen-bond acceptors (Lipinski definition) is 6. The number of aryl methyl sites for hydroxylation is 1. The van der Waals surface area contributed by atoms with Crippen LogP contribution in [0.3, 0.4) is 0 Å². The van der Waals surface area contributed by atoms with E-state index in [1.54, 1.807) is 31.2 Å². The zero-order valence-electron chi connectivity index (χ0n) is 20.9. The number of ether oxygens (including phenoxy) is 2. The molecule has 11 heteroatoms. The number of carbonyl (C=O) groups is 1.